The second kappa shape index (κ2) is 7.04. The number of nitrogens with one attached hydrogen (secondary N) is 1. The summed E-state index contributed by atoms with van der Waals surface area (Å²) in [6, 6.07) is 18.3. The van der Waals surface area contributed by atoms with Gasteiger partial charge in [-0.2, -0.15) is 5.10 Å². The zero-order valence-electron chi connectivity index (χ0n) is 14.8. The maximum Gasteiger partial charge on any atom is 0.317 e. The summed E-state index contributed by atoms with van der Waals surface area (Å²) in [4.78, 5) is 14.3. The summed E-state index contributed by atoms with van der Waals surface area (Å²) in [5, 5.41) is 7.54. The van der Waals surface area contributed by atoms with Crippen molar-refractivity contribution in [2.24, 2.45) is 0 Å². The molecule has 0 aliphatic heterocycles. The van der Waals surface area contributed by atoms with Crippen molar-refractivity contribution in [3.05, 3.63) is 83.7 Å². The van der Waals surface area contributed by atoms with Gasteiger partial charge in [-0.1, -0.05) is 42.5 Å². The fraction of sp³-hybridized carbons (Fsp3) is 0.238. The number of hydrogen-bond donors (Lipinski definition) is 1. The van der Waals surface area contributed by atoms with Crippen LogP contribution in [-0.4, -0.2) is 27.8 Å². The molecule has 1 unspecified atom stereocenters. The lowest BCUT2D eigenvalue weighted by Gasteiger charge is -2.21. The van der Waals surface area contributed by atoms with Gasteiger partial charge in [-0.3, -0.25) is 0 Å². The summed E-state index contributed by atoms with van der Waals surface area (Å²) < 4.78 is 1.83. The zero-order chi connectivity index (χ0) is 17.9. The number of fused-ring (bicyclic) bond motifs is 1. The van der Waals surface area contributed by atoms with Crippen LogP contribution in [0.15, 0.2) is 67.0 Å². The van der Waals surface area contributed by atoms with E-state index in [4.69, 9.17) is 0 Å². The molecule has 1 heterocycles. The molecule has 1 aliphatic carbocycles. The van der Waals surface area contributed by atoms with E-state index in [0.717, 1.165) is 24.1 Å². The number of carbonyl (C=O) groups is 1. The van der Waals surface area contributed by atoms with Gasteiger partial charge in [0.2, 0.25) is 0 Å². The lowest BCUT2D eigenvalue weighted by atomic mass is 10.1. The highest BCUT2D eigenvalue weighted by molar-refractivity contribution is 5.74. The lowest BCUT2D eigenvalue weighted by molar-refractivity contribution is 0.202. The third-order valence-corrected chi connectivity index (χ3v) is 4.85. The van der Waals surface area contributed by atoms with Gasteiger partial charge in [-0.25, -0.2) is 9.48 Å². The van der Waals surface area contributed by atoms with E-state index < -0.39 is 0 Å². The highest BCUT2D eigenvalue weighted by atomic mass is 16.2. The number of urea groups is 1. The summed E-state index contributed by atoms with van der Waals surface area (Å²) >= 11 is 0. The first-order valence-corrected chi connectivity index (χ1v) is 8.89. The van der Waals surface area contributed by atoms with Crippen molar-refractivity contribution in [3.8, 4) is 5.69 Å². The summed E-state index contributed by atoms with van der Waals surface area (Å²) in [6.45, 7) is 0.521. The Balaban J connectivity index is 1.39. The van der Waals surface area contributed by atoms with Crippen molar-refractivity contribution in [2.45, 2.75) is 25.4 Å². The molecule has 132 valence electrons. The summed E-state index contributed by atoms with van der Waals surface area (Å²) in [7, 11) is 1.82. The topological polar surface area (TPSA) is 50.2 Å². The second-order valence-electron chi connectivity index (χ2n) is 6.72. The molecule has 1 atom stereocenters. The van der Waals surface area contributed by atoms with Gasteiger partial charge in [0.25, 0.3) is 0 Å². The predicted molar refractivity (Wildman–Crippen MR) is 101 cm³/mol. The number of aryl methyl sites for hydroxylation is 1. The number of benzene rings is 2. The Kier molecular flexibility index (Phi) is 4.44. The molecule has 1 aromatic heterocycles. The fourth-order valence-electron chi connectivity index (χ4n) is 3.48. The normalized spacial score (nSPS) is 15.5. The van der Waals surface area contributed by atoms with E-state index in [-0.39, 0.29) is 12.1 Å². The third-order valence-electron chi connectivity index (χ3n) is 4.85. The Morgan fingerprint density at radius 2 is 1.96 bits per heavy atom. The van der Waals surface area contributed by atoms with Crippen molar-refractivity contribution < 1.29 is 4.79 Å². The molecule has 2 amide bonds. The van der Waals surface area contributed by atoms with Gasteiger partial charge >= 0.3 is 6.03 Å². The number of amides is 2. The Hall–Kier alpha value is -3.08. The Morgan fingerprint density at radius 3 is 2.81 bits per heavy atom. The summed E-state index contributed by atoms with van der Waals surface area (Å²) in [6.07, 6.45) is 5.76. The van der Waals surface area contributed by atoms with Crippen LogP contribution < -0.4 is 5.32 Å². The Morgan fingerprint density at radius 1 is 1.19 bits per heavy atom. The molecule has 0 fully saturated rings. The van der Waals surface area contributed by atoms with E-state index in [2.05, 4.69) is 28.6 Å². The molecule has 5 heteroatoms. The van der Waals surface area contributed by atoms with Crippen molar-refractivity contribution in [1.82, 2.24) is 20.0 Å². The summed E-state index contributed by atoms with van der Waals surface area (Å²) in [5.74, 6) is 0. The molecule has 26 heavy (non-hydrogen) atoms. The van der Waals surface area contributed by atoms with Crippen LogP contribution in [0.4, 0.5) is 4.79 Å². The molecule has 4 rings (SSSR count). The highest BCUT2D eigenvalue weighted by Crippen LogP contribution is 2.30. The van der Waals surface area contributed by atoms with Gasteiger partial charge in [0.05, 0.1) is 24.5 Å². The van der Waals surface area contributed by atoms with Crippen LogP contribution in [0.5, 0.6) is 0 Å². The molecule has 5 nitrogen and oxygen atoms in total. The lowest BCUT2D eigenvalue weighted by Crippen LogP contribution is -2.38. The van der Waals surface area contributed by atoms with E-state index in [1.165, 1.54) is 11.1 Å². The van der Waals surface area contributed by atoms with Gasteiger partial charge in [0.15, 0.2) is 0 Å². The standard InChI is InChI=1S/C21H22N4O/c1-24(14-16-13-22-25(15-16)18-8-3-2-4-9-18)21(26)23-20-12-11-17-7-5-6-10-19(17)20/h2-10,13,15,20H,11-12,14H2,1H3,(H,23,26). The van der Waals surface area contributed by atoms with Crippen molar-refractivity contribution in [1.29, 1.82) is 0 Å². The van der Waals surface area contributed by atoms with E-state index in [9.17, 15) is 4.79 Å². The van der Waals surface area contributed by atoms with E-state index >= 15 is 0 Å². The van der Waals surface area contributed by atoms with Gasteiger partial charge in [0.1, 0.15) is 0 Å². The Bertz CT molecular complexity index is 903. The average molecular weight is 346 g/mol. The monoisotopic (exact) mass is 346 g/mol. The zero-order valence-corrected chi connectivity index (χ0v) is 14.8. The van der Waals surface area contributed by atoms with Gasteiger partial charge < -0.3 is 10.2 Å². The molecule has 3 aromatic rings. The molecule has 1 N–H and O–H groups in total. The first kappa shape index (κ1) is 16.4. The number of rotatable bonds is 4. The maximum absolute atomic E-state index is 12.6. The predicted octanol–water partition coefficient (Wildman–Crippen LogP) is 3.70. The molecule has 0 spiro atoms. The smallest absolute Gasteiger partial charge is 0.317 e. The molecule has 2 aromatic carbocycles. The average Bonchev–Trinajstić information content (AvgIpc) is 3.30. The number of aromatic nitrogens is 2. The van der Waals surface area contributed by atoms with E-state index in [1.54, 1.807) is 4.90 Å². The second-order valence-corrected chi connectivity index (χ2v) is 6.72. The molecule has 0 radical (unpaired) electrons. The first-order chi connectivity index (χ1) is 12.7. The number of nitrogens with zero attached hydrogens (tertiary/aromatic N) is 3. The van der Waals surface area contributed by atoms with Crippen molar-refractivity contribution in [3.63, 3.8) is 0 Å². The number of hydrogen-bond acceptors (Lipinski definition) is 2. The van der Waals surface area contributed by atoms with Crippen LogP contribution in [0.2, 0.25) is 0 Å². The summed E-state index contributed by atoms with van der Waals surface area (Å²) in [5.41, 5.74) is 4.59. The van der Waals surface area contributed by atoms with E-state index in [1.807, 2.05) is 60.5 Å². The minimum atomic E-state index is -0.0563. The quantitative estimate of drug-likeness (QED) is 0.783. The highest BCUT2D eigenvalue weighted by Gasteiger charge is 2.24. The third kappa shape index (κ3) is 3.33. The van der Waals surface area contributed by atoms with Gasteiger partial charge in [-0.05, 0) is 36.1 Å². The maximum atomic E-state index is 12.6. The number of para-hydroxylation sites is 1. The SMILES string of the molecule is CN(Cc1cnn(-c2ccccc2)c1)C(=O)NC1CCc2ccccc21. The molecule has 0 saturated heterocycles. The van der Waals surface area contributed by atoms with Crippen LogP contribution in [0.1, 0.15) is 29.2 Å². The molecule has 0 bridgehead atoms. The van der Waals surface area contributed by atoms with Crippen LogP contribution in [0, 0.1) is 0 Å². The molecular weight excluding hydrogens is 324 g/mol. The molecule has 0 saturated carbocycles. The van der Waals surface area contributed by atoms with Crippen LogP contribution >= 0.6 is 0 Å². The Labute approximate surface area is 153 Å². The van der Waals surface area contributed by atoms with Crippen LogP contribution in [0.3, 0.4) is 0 Å². The molecule has 1 aliphatic rings. The van der Waals surface area contributed by atoms with Crippen molar-refractivity contribution >= 4 is 6.03 Å². The van der Waals surface area contributed by atoms with Gasteiger partial charge in [0, 0.05) is 18.8 Å². The first-order valence-electron chi connectivity index (χ1n) is 8.89. The van der Waals surface area contributed by atoms with Crippen LogP contribution in [0.25, 0.3) is 5.69 Å². The minimum absolute atomic E-state index is 0.0563. The van der Waals surface area contributed by atoms with Crippen molar-refractivity contribution in [2.75, 3.05) is 7.05 Å². The van der Waals surface area contributed by atoms with Crippen LogP contribution in [-0.2, 0) is 13.0 Å². The molecular formula is C21H22N4O. The number of carbonyl (C=O) groups excluding carboxylic acids is 1. The van der Waals surface area contributed by atoms with E-state index in [0.29, 0.717) is 6.54 Å². The minimum Gasteiger partial charge on any atom is -0.331 e. The largest absolute Gasteiger partial charge is 0.331 e. The van der Waals surface area contributed by atoms with Gasteiger partial charge in [-0.15, -0.1) is 0 Å². The fourth-order valence-corrected chi connectivity index (χ4v) is 3.48.